The Morgan fingerprint density at radius 1 is 1.04 bits per heavy atom. The molecule has 0 fully saturated rings. The molecule has 0 atom stereocenters. The highest BCUT2D eigenvalue weighted by Gasteiger charge is 2.12. The Kier molecular flexibility index (Phi) is 10.3. The summed E-state index contributed by atoms with van der Waals surface area (Å²) in [7, 11) is 1.27. The van der Waals surface area contributed by atoms with E-state index in [9.17, 15) is 9.59 Å². The molecule has 0 aromatic heterocycles. The zero-order valence-electron chi connectivity index (χ0n) is 14.5. The summed E-state index contributed by atoms with van der Waals surface area (Å²) in [4.78, 5) is 22.0. The van der Waals surface area contributed by atoms with E-state index in [0.29, 0.717) is 17.8 Å². The molecule has 1 rings (SSSR count). The molecule has 1 aromatic carbocycles. The fourth-order valence-corrected chi connectivity index (χ4v) is 1.61. The molecule has 0 spiro atoms. The number of hydrogen-bond donors (Lipinski definition) is 0. The van der Waals surface area contributed by atoms with Gasteiger partial charge in [-0.05, 0) is 18.1 Å². The van der Waals surface area contributed by atoms with E-state index in [4.69, 9.17) is 4.74 Å². The highest BCUT2D eigenvalue weighted by atomic mass is 16.5. The Morgan fingerprint density at radius 2 is 1.50 bits per heavy atom. The lowest BCUT2D eigenvalue weighted by Gasteiger charge is -2.07. The lowest BCUT2D eigenvalue weighted by Crippen LogP contribution is -2.09. The first kappa shape index (κ1) is 21.1. The Labute approximate surface area is 143 Å². The van der Waals surface area contributed by atoms with Gasteiger partial charge in [-0.15, -0.1) is 0 Å². The predicted octanol–water partition coefficient (Wildman–Crippen LogP) is 4.55. The smallest absolute Gasteiger partial charge is 0.336 e. The van der Waals surface area contributed by atoms with Crippen molar-refractivity contribution >= 4 is 24.1 Å². The summed E-state index contributed by atoms with van der Waals surface area (Å²) in [6, 6.07) is 8.07. The SMILES string of the molecule is C=CC(=O)OC(CC)=C(C)C(=O)OC.C=Cc1ccc(C=C)cc1. The van der Waals surface area contributed by atoms with Gasteiger partial charge >= 0.3 is 11.9 Å². The van der Waals surface area contributed by atoms with Crippen molar-refractivity contribution in [2.45, 2.75) is 20.3 Å². The molecule has 4 heteroatoms. The maximum atomic E-state index is 11.1. The van der Waals surface area contributed by atoms with Gasteiger partial charge in [0.15, 0.2) is 0 Å². The van der Waals surface area contributed by atoms with E-state index in [1.54, 1.807) is 13.8 Å². The summed E-state index contributed by atoms with van der Waals surface area (Å²) >= 11 is 0. The third-order valence-corrected chi connectivity index (χ3v) is 3.03. The highest BCUT2D eigenvalue weighted by Crippen LogP contribution is 2.12. The van der Waals surface area contributed by atoms with Gasteiger partial charge in [-0.2, -0.15) is 0 Å². The lowest BCUT2D eigenvalue weighted by atomic mass is 10.1. The number of methoxy groups -OCH3 is 1. The average Bonchev–Trinajstić information content (AvgIpc) is 2.65. The van der Waals surface area contributed by atoms with E-state index in [2.05, 4.69) is 24.5 Å². The first-order valence-corrected chi connectivity index (χ1v) is 7.40. The Morgan fingerprint density at radius 3 is 1.79 bits per heavy atom. The van der Waals surface area contributed by atoms with Gasteiger partial charge in [-0.25, -0.2) is 9.59 Å². The van der Waals surface area contributed by atoms with Crippen LogP contribution in [-0.2, 0) is 19.1 Å². The molecular formula is C20H24O4. The second-order valence-corrected chi connectivity index (χ2v) is 4.59. The van der Waals surface area contributed by atoms with Crippen LogP contribution >= 0.6 is 0 Å². The van der Waals surface area contributed by atoms with Crippen molar-refractivity contribution < 1.29 is 19.1 Å². The molecule has 0 radical (unpaired) electrons. The number of carbonyl (C=O) groups excluding carboxylic acids is 2. The van der Waals surface area contributed by atoms with Crippen LogP contribution in [-0.4, -0.2) is 19.0 Å². The first-order chi connectivity index (χ1) is 11.4. The van der Waals surface area contributed by atoms with Crippen molar-refractivity contribution in [1.82, 2.24) is 0 Å². The molecule has 0 aliphatic carbocycles. The molecule has 0 N–H and O–H groups in total. The van der Waals surface area contributed by atoms with Gasteiger partial charge in [-0.3, -0.25) is 0 Å². The first-order valence-electron chi connectivity index (χ1n) is 7.40. The van der Waals surface area contributed by atoms with E-state index in [0.717, 1.165) is 17.2 Å². The van der Waals surface area contributed by atoms with Crippen molar-refractivity contribution in [3.8, 4) is 0 Å². The minimum atomic E-state index is -0.579. The van der Waals surface area contributed by atoms with Gasteiger partial charge in [0, 0.05) is 12.5 Å². The summed E-state index contributed by atoms with van der Waals surface area (Å²) < 4.78 is 9.35. The van der Waals surface area contributed by atoms with Crippen LogP contribution in [0.5, 0.6) is 0 Å². The topological polar surface area (TPSA) is 52.6 Å². The van der Waals surface area contributed by atoms with Crippen molar-refractivity contribution in [3.05, 3.63) is 72.5 Å². The number of carbonyl (C=O) groups is 2. The summed E-state index contributed by atoms with van der Waals surface area (Å²) in [5.41, 5.74) is 2.58. The fourth-order valence-electron chi connectivity index (χ4n) is 1.61. The van der Waals surface area contributed by atoms with Crippen LogP contribution < -0.4 is 0 Å². The summed E-state index contributed by atoms with van der Waals surface area (Å²) in [6.45, 7) is 13.9. The van der Waals surface area contributed by atoms with Gasteiger partial charge in [0.25, 0.3) is 0 Å². The van der Waals surface area contributed by atoms with Crippen LogP contribution in [0.1, 0.15) is 31.4 Å². The monoisotopic (exact) mass is 328 g/mol. The van der Waals surface area contributed by atoms with Crippen LogP contribution in [0.15, 0.2) is 61.4 Å². The molecule has 128 valence electrons. The zero-order chi connectivity index (χ0) is 18.5. The third-order valence-electron chi connectivity index (χ3n) is 3.03. The molecule has 1 aromatic rings. The number of ether oxygens (including phenoxy) is 2. The second kappa shape index (κ2) is 11.7. The largest absolute Gasteiger partial charge is 0.466 e. The van der Waals surface area contributed by atoms with Crippen molar-refractivity contribution in [3.63, 3.8) is 0 Å². The van der Waals surface area contributed by atoms with E-state index >= 15 is 0 Å². The molecule has 0 bridgehead atoms. The molecular weight excluding hydrogens is 304 g/mol. The van der Waals surface area contributed by atoms with E-state index in [-0.39, 0.29) is 0 Å². The molecule has 4 nitrogen and oxygen atoms in total. The molecule has 24 heavy (non-hydrogen) atoms. The summed E-state index contributed by atoms with van der Waals surface area (Å²) in [5, 5.41) is 0. The Bertz CT molecular complexity index is 595. The Hall–Kier alpha value is -2.88. The molecule has 0 aliphatic rings. The molecule has 0 heterocycles. The van der Waals surface area contributed by atoms with E-state index < -0.39 is 11.9 Å². The van der Waals surface area contributed by atoms with Crippen molar-refractivity contribution in [2.75, 3.05) is 7.11 Å². The number of allylic oxidation sites excluding steroid dienone is 1. The number of esters is 2. The second-order valence-electron chi connectivity index (χ2n) is 4.59. The van der Waals surface area contributed by atoms with Gasteiger partial charge in [-0.1, -0.05) is 63.1 Å². The average molecular weight is 328 g/mol. The highest BCUT2D eigenvalue weighted by molar-refractivity contribution is 5.89. The van der Waals surface area contributed by atoms with Crippen molar-refractivity contribution in [2.24, 2.45) is 0 Å². The van der Waals surface area contributed by atoms with E-state index in [1.165, 1.54) is 7.11 Å². The quantitative estimate of drug-likeness (QED) is 0.437. The predicted molar refractivity (Wildman–Crippen MR) is 97.9 cm³/mol. The molecule has 0 saturated heterocycles. The molecule has 0 amide bonds. The number of rotatable bonds is 6. The number of hydrogen-bond acceptors (Lipinski definition) is 4. The molecule has 0 aliphatic heterocycles. The minimum Gasteiger partial charge on any atom is -0.466 e. The van der Waals surface area contributed by atoms with Gasteiger partial charge in [0.05, 0.1) is 12.7 Å². The fraction of sp³-hybridized carbons (Fsp3) is 0.200. The van der Waals surface area contributed by atoms with Crippen molar-refractivity contribution in [1.29, 1.82) is 0 Å². The molecule has 0 saturated carbocycles. The van der Waals surface area contributed by atoms with Crippen LogP contribution in [0, 0.1) is 0 Å². The summed E-state index contributed by atoms with van der Waals surface area (Å²) in [5.74, 6) is -0.773. The standard InChI is InChI=1S/C10H14O4.C10H10/c1-5-8(14-9(11)6-2)7(3)10(12)13-4;1-3-9-5-7-10(4-2)8-6-9/h6H,2,5H2,1,3-4H3;3-8H,1-2H2. The zero-order valence-corrected chi connectivity index (χ0v) is 14.5. The van der Waals surface area contributed by atoms with Crippen LogP contribution in [0.3, 0.4) is 0 Å². The van der Waals surface area contributed by atoms with Crippen LogP contribution in [0.25, 0.3) is 12.2 Å². The van der Waals surface area contributed by atoms with Crippen LogP contribution in [0.4, 0.5) is 0 Å². The van der Waals surface area contributed by atoms with Gasteiger partial charge in [0.2, 0.25) is 0 Å². The lowest BCUT2D eigenvalue weighted by molar-refractivity contribution is -0.137. The minimum absolute atomic E-state index is 0.296. The maximum Gasteiger partial charge on any atom is 0.336 e. The van der Waals surface area contributed by atoms with Gasteiger partial charge < -0.3 is 9.47 Å². The Balaban J connectivity index is 0.000000463. The maximum absolute atomic E-state index is 11.1. The van der Waals surface area contributed by atoms with Gasteiger partial charge in [0.1, 0.15) is 5.76 Å². The normalized spacial score (nSPS) is 10.3. The number of benzene rings is 1. The summed E-state index contributed by atoms with van der Waals surface area (Å²) in [6.07, 6.45) is 5.14. The molecule has 0 unspecified atom stereocenters. The third kappa shape index (κ3) is 7.40. The van der Waals surface area contributed by atoms with E-state index in [1.807, 2.05) is 36.4 Å². The van der Waals surface area contributed by atoms with Crippen LogP contribution in [0.2, 0.25) is 0 Å².